The van der Waals surface area contributed by atoms with Crippen molar-refractivity contribution < 1.29 is 0 Å². The molecule has 0 atom stereocenters. The zero-order chi connectivity index (χ0) is 14.4. The minimum atomic E-state index is 0.734. The van der Waals surface area contributed by atoms with E-state index in [0.717, 1.165) is 31.5 Å². The van der Waals surface area contributed by atoms with E-state index in [2.05, 4.69) is 43.0 Å². The summed E-state index contributed by atoms with van der Waals surface area (Å²) in [4.78, 5) is 2.72. The summed E-state index contributed by atoms with van der Waals surface area (Å²) in [6, 6.07) is 9.62. The summed E-state index contributed by atoms with van der Waals surface area (Å²) in [5, 5.41) is 0. The van der Waals surface area contributed by atoms with Crippen molar-refractivity contribution in [3.8, 4) is 0 Å². The van der Waals surface area contributed by atoms with E-state index in [-0.39, 0.29) is 0 Å². The van der Waals surface area contributed by atoms with Crippen LogP contribution in [0, 0.1) is 5.92 Å². The lowest BCUT2D eigenvalue weighted by molar-refractivity contribution is 0.168. The highest BCUT2D eigenvalue weighted by Crippen LogP contribution is 2.26. The third-order valence-corrected chi connectivity index (χ3v) is 4.35. The molecular formula is C18H30N2. The van der Waals surface area contributed by atoms with Crippen LogP contribution >= 0.6 is 0 Å². The molecule has 0 aliphatic heterocycles. The second kappa shape index (κ2) is 7.80. The van der Waals surface area contributed by atoms with Crippen LogP contribution in [0.4, 0.5) is 0 Å². The predicted octanol–water partition coefficient (Wildman–Crippen LogP) is 3.59. The first kappa shape index (κ1) is 15.5. The van der Waals surface area contributed by atoms with Gasteiger partial charge in [-0.05, 0) is 42.9 Å². The van der Waals surface area contributed by atoms with E-state index in [1.54, 1.807) is 0 Å². The van der Waals surface area contributed by atoms with Gasteiger partial charge >= 0.3 is 0 Å². The Hall–Kier alpha value is -0.860. The van der Waals surface area contributed by atoms with Crippen molar-refractivity contribution in [2.45, 2.75) is 58.5 Å². The van der Waals surface area contributed by atoms with Crippen molar-refractivity contribution in [3.05, 3.63) is 35.4 Å². The molecule has 0 unspecified atom stereocenters. The topological polar surface area (TPSA) is 29.3 Å². The summed E-state index contributed by atoms with van der Waals surface area (Å²) < 4.78 is 0. The third-order valence-electron chi connectivity index (χ3n) is 4.35. The number of rotatable bonds is 7. The van der Waals surface area contributed by atoms with E-state index in [1.807, 2.05) is 0 Å². The Morgan fingerprint density at radius 1 is 1.15 bits per heavy atom. The van der Waals surface area contributed by atoms with Gasteiger partial charge in [0.2, 0.25) is 0 Å². The number of benzene rings is 1. The first-order valence-electron chi connectivity index (χ1n) is 8.21. The SMILES string of the molecule is CC(C)CN(Cc1ccccc1CCN)C1CCCC1. The van der Waals surface area contributed by atoms with Crippen LogP contribution in [0.5, 0.6) is 0 Å². The molecule has 2 rings (SSSR count). The van der Waals surface area contributed by atoms with Crippen LogP contribution < -0.4 is 5.73 Å². The highest BCUT2D eigenvalue weighted by atomic mass is 15.2. The van der Waals surface area contributed by atoms with E-state index < -0.39 is 0 Å². The van der Waals surface area contributed by atoms with Gasteiger partial charge in [0.1, 0.15) is 0 Å². The quantitative estimate of drug-likeness (QED) is 0.823. The summed E-state index contributed by atoms with van der Waals surface area (Å²) in [7, 11) is 0. The third kappa shape index (κ3) is 4.32. The van der Waals surface area contributed by atoms with Gasteiger partial charge < -0.3 is 5.73 Å². The Bertz CT molecular complexity index is 394. The molecule has 1 fully saturated rings. The molecule has 1 aliphatic rings. The summed E-state index contributed by atoms with van der Waals surface area (Å²) in [5.74, 6) is 0.734. The van der Waals surface area contributed by atoms with Crippen molar-refractivity contribution in [1.82, 2.24) is 4.90 Å². The normalized spacial score (nSPS) is 16.4. The zero-order valence-electron chi connectivity index (χ0n) is 13.1. The highest BCUT2D eigenvalue weighted by Gasteiger charge is 2.23. The second-order valence-corrected chi connectivity index (χ2v) is 6.57. The first-order chi connectivity index (χ1) is 9.70. The highest BCUT2D eigenvalue weighted by molar-refractivity contribution is 5.27. The van der Waals surface area contributed by atoms with Crippen molar-refractivity contribution in [2.75, 3.05) is 13.1 Å². The van der Waals surface area contributed by atoms with Crippen LogP contribution in [0.2, 0.25) is 0 Å². The van der Waals surface area contributed by atoms with Crippen LogP contribution in [-0.4, -0.2) is 24.0 Å². The molecule has 20 heavy (non-hydrogen) atoms. The number of nitrogens with zero attached hydrogens (tertiary/aromatic N) is 1. The molecule has 1 aliphatic carbocycles. The maximum atomic E-state index is 5.75. The Morgan fingerprint density at radius 3 is 2.40 bits per heavy atom. The fourth-order valence-electron chi connectivity index (χ4n) is 3.41. The maximum absolute atomic E-state index is 5.75. The molecule has 1 saturated carbocycles. The molecule has 1 aromatic rings. The van der Waals surface area contributed by atoms with Crippen LogP contribution in [-0.2, 0) is 13.0 Å². The number of hydrogen-bond donors (Lipinski definition) is 1. The minimum Gasteiger partial charge on any atom is -0.330 e. The average Bonchev–Trinajstić information content (AvgIpc) is 2.94. The monoisotopic (exact) mass is 274 g/mol. The Kier molecular flexibility index (Phi) is 6.06. The van der Waals surface area contributed by atoms with Gasteiger partial charge in [-0.2, -0.15) is 0 Å². The van der Waals surface area contributed by atoms with E-state index in [9.17, 15) is 0 Å². The molecule has 2 N–H and O–H groups in total. The summed E-state index contributed by atoms with van der Waals surface area (Å²) in [5.41, 5.74) is 8.66. The van der Waals surface area contributed by atoms with Gasteiger partial charge in [-0.25, -0.2) is 0 Å². The zero-order valence-corrected chi connectivity index (χ0v) is 13.1. The second-order valence-electron chi connectivity index (χ2n) is 6.57. The lowest BCUT2D eigenvalue weighted by Crippen LogP contribution is -2.36. The molecule has 112 valence electrons. The first-order valence-corrected chi connectivity index (χ1v) is 8.21. The van der Waals surface area contributed by atoms with Crippen molar-refractivity contribution in [2.24, 2.45) is 11.7 Å². The molecule has 1 aromatic carbocycles. The van der Waals surface area contributed by atoms with E-state index in [4.69, 9.17) is 5.73 Å². The van der Waals surface area contributed by atoms with E-state index in [1.165, 1.54) is 43.4 Å². The molecule has 0 radical (unpaired) electrons. The van der Waals surface area contributed by atoms with Gasteiger partial charge in [0.05, 0.1) is 0 Å². The molecule has 0 amide bonds. The van der Waals surface area contributed by atoms with Crippen LogP contribution in [0.3, 0.4) is 0 Å². The molecule has 0 aromatic heterocycles. The smallest absolute Gasteiger partial charge is 0.0239 e. The largest absolute Gasteiger partial charge is 0.330 e. The van der Waals surface area contributed by atoms with Gasteiger partial charge in [0.15, 0.2) is 0 Å². The summed E-state index contributed by atoms with van der Waals surface area (Å²) in [6.45, 7) is 7.70. The number of nitrogens with two attached hydrogens (primary N) is 1. The molecule has 2 heteroatoms. The molecular weight excluding hydrogens is 244 g/mol. The molecule has 2 nitrogen and oxygen atoms in total. The van der Waals surface area contributed by atoms with Gasteiger partial charge in [-0.1, -0.05) is 51.0 Å². The van der Waals surface area contributed by atoms with Crippen LogP contribution in [0.15, 0.2) is 24.3 Å². The molecule has 0 heterocycles. The van der Waals surface area contributed by atoms with Crippen LogP contribution in [0.25, 0.3) is 0 Å². The fraction of sp³-hybridized carbons (Fsp3) is 0.667. The fourth-order valence-corrected chi connectivity index (χ4v) is 3.41. The maximum Gasteiger partial charge on any atom is 0.0239 e. The van der Waals surface area contributed by atoms with Crippen molar-refractivity contribution in [1.29, 1.82) is 0 Å². The average molecular weight is 274 g/mol. The molecule has 0 saturated heterocycles. The lowest BCUT2D eigenvalue weighted by atomic mass is 10.0. The Labute approximate surface area is 124 Å². The van der Waals surface area contributed by atoms with Gasteiger partial charge in [0.25, 0.3) is 0 Å². The summed E-state index contributed by atoms with van der Waals surface area (Å²) in [6.07, 6.45) is 6.57. The Morgan fingerprint density at radius 2 is 1.80 bits per heavy atom. The minimum absolute atomic E-state index is 0.734. The van der Waals surface area contributed by atoms with Gasteiger partial charge in [-0.3, -0.25) is 4.90 Å². The standard InChI is InChI=1S/C18H30N2/c1-15(2)13-20(18-9-5-6-10-18)14-17-8-4-3-7-16(17)11-12-19/h3-4,7-8,15,18H,5-6,9-14,19H2,1-2H3. The number of hydrogen-bond acceptors (Lipinski definition) is 2. The van der Waals surface area contributed by atoms with E-state index >= 15 is 0 Å². The van der Waals surface area contributed by atoms with Gasteiger partial charge in [0, 0.05) is 19.1 Å². The molecule has 0 bridgehead atoms. The van der Waals surface area contributed by atoms with Crippen LogP contribution in [0.1, 0.15) is 50.7 Å². The van der Waals surface area contributed by atoms with Crippen molar-refractivity contribution >= 4 is 0 Å². The van der Waals surface area contributed by atoms with Gasteiger partial charge in [-0.15, -0.1) is 0 Å². The lowest BCUT2D eigenvalue weighted by Gasteiger charge is -2.31. The van der Waals surface area contributed by atoms with E-state index in [0.29, 0.717) is 0 Å². The molecule has 0 spiro atoms. The predicted molar refractivity (Wildman–Crippen MR) is 86.7 cm³/mol. The Balaban J connectivity index is 2.09. The summed E-state index contributed by atoms with van der Waals surface area (Å²) >= 11 is 0. The van der Waals surface area contributed by atoms with Crippen molar-refractivity contribution in [3.63, 3.8) is 0 Å².